The largest absolute Gasteiger partial charge is 0.346 e. The molecule has 5 nitrogen and oxygen atoms in total. The minimum absolute atomic E-state index is 0.0738. The molecule has 0 saturated carbocycles. The zero-order valence-corrected chi connectivity index (χ0v) is 16.8. The van der Waals surface area contributed by atoms with Crippen LogP contribution in [0.2, 0.25) is 0 Å². The van der Waals surface area contributed by atoms with Crippen molar-refractivity contribution in [3.05, 3.63) is 45.7 Å². The molecular formula is C19H23Cl2N3O2. The van der Waals surface area contributed by atoms with E-state index in [1.165, 1.54) is 12.3 Å². The van der Waals surface area contributed by atoms with E-state index in [1.807, 2.05) is 33.8 Å². The minimum atomic E-state index is -0.373. The Balaban J connectivity index is 2.08. The first-order valence-electron chi connectivity index (χ1n) is 8.40. The summed E-state index contributed by atoms with van der Waals surface area (Å²) in [5.41, 5.74) is 0.996. The van der Waals surface area contributed by atoms with Crippen molar-refractivity contribution in [2.45, 2.75) is 46.1 Å². The molecule has 7 heteroatoms. The number of nitrogens with zero attached hydrogens (tertiary/aromatic N) is 1. The summed E-state index contributed by atoms with van der Waals surface area (Å²) in [6.07, 6.45) is 4.20. The first-order chi connectivity index (χ1) is 12.1. The molecule has 1 aromatic rings. The van der Waals surface area contributed by atoms with Crippen LogP contribution in [0, 0.1) is 5.92 Å². The Morgan fingerprint density at radius 2 is 2.00 bits per heavy atom. The first-order valence-corrected chi connectivity index (χ1v) is 9.15. The van der Waals surface area contributed by atoms with E-state index in [0.29, 0.717) is 21.3 Å². The first kappa shape index (κ1) is 20.5. The van der Waals surface area contributed by atoms with Crippen molar-refractivity contribution in [2.75, 3.05) is 5.32 Å². The van der Waals surface area contributed by atoms with Gasteiger partial charge in [0.2, 0.25) is 5.91 Å². The van der Waals surface area contributed by atoms with Crippen LogP contribution in [-0.4, -0.2) is 22.3 Å². The molecule has 1 unspecified atom stereocenters. The number of carbonyl (C=O) groups excluding carboxylic acids is 2. The van der Waals surface area contributed by atoms with Gasteiger partial charge in [0.05, 0.1) is 6.42 Å². The lowest BCUT2D eigenvalue weighted by molar-refractivity contribution is -0.115. The number of hydrogen-bond donors (Lipinski definition) is 2. The smallest absolute Gasteiger partial charge is 0.270 e. The third kappa shape index (κ3) is 5.58. The van der Waals surface area contributed by atoms with Gasteiger partial charge in [-0.1, -0.05) is 36.2 Å². The lowest BCUT2D eigenvalue weighted by Crippen LogP contribution is -2.40. The highest BCUT2D eigenvalue weighted by molar-refractivity contribution is 6.36. The topological polar surface area (TPSA) is 71.1 Å². The summed E-state index contributed by atoms with van der Waals surface area (Å²) in [5.74, 6) is -0.408. The highest BCUT2D eigenvalue weighted by Crippen LogP contribution is 2.36. The Labute approximate surface area is 163 Å². The van der Waals surface area contributed by atoms with Crippen molar-refractivity contribution in [1.82, 2.24) is 10.3 Å². The van der Waals surface area contributed by atoms with E-state index in [-0.39, 0.29) is 35.4 Å². The van der Waals surface area contributed by atoms with Gasteiger partial charge in [0.1, 0.15) is 5.69 Å². The monoisotopic (exact) mass is 395 g/mol. The van der Waals surface area contributed by atoms with Gasteiger partial charge in [0.15, 0.2) is 0 Å². The minimum Gasteiger partial charge on any atom is -0.346 e. The van der Waals surface area contributed by atoms with Gasteiger partial charge in [0.25, 0.3) is 5.91 Å². The Hall–Kier alpha value is -1.85. The molecule has 0 spiro atoms. The van der Waals surface area contributed by atoms with E-state index in [4.69, 9.17) is 23.2 Å². The number of amides is 2. The van der Waals surface area contributed by atoms with Crippen LogP contribution in [-0.2, 0) is 4.79 Å². The van der Waals surface area contributed by atoms with Crippen LogP contribution < -0.4 is 10.6 Å². The normalized spacial score (nSPS) is 17.6. The number of pyridine rings is 1. The van der Waals surface area contributed by atoms with Crippen molar-refractivity contribution in [3.8, 4) is 0 Å². The van der Waals surface area contributed by atoms with Gasteiger partial charge in [-0.25, -0.2) is 0 Å². The number of anilines is 1. The summed E-state index contributed by atoms with van der Waals surface area (Å²) in [7, 11) is 0. The van der Waals surface area contributed by atoms with Crippen molar-refractivity contribution in [3.63, 3.8) is 0 Å². The predicted octanol–water partition coefficient (Wildman–Crippen LogP) is 4.59. The number of rotatable bonds is 4. The number of hydrogen-bond acceptors (Lipinski definition) is 3. The maximum atomic E-state index is 12.4. The third-order valence-corrected chi connectivity index (χ3v) is 4.75. The molecule has 0 aliphatic heterocycles. The number of allylic oxidation sites excluding steroid dienone is 3. The molecule has 0 aromatic carbocycles. The molecule has 1 aromatic heterocycles. The van der Waals surface area contributed by atoms with Crippen LogP contribution in [0.15, 0.2) is 40.0 Å². The summed E-state index contributed by atoms with van der Waals surface area (Å²) < 4.78 is 0. The van der Waals surface area contributed by atoms with Crippen molar-refractivity contribution >= 4 is 40.7 Å². The van der Waals surface area contributed by atoms with Crippen molar-refractivity contribution in [2.24, 2.45) is 5.92 Å². The Bertz CT molecular complexity index is 779. The SMILES string of the molecule is CC1CC=C(Cl)C(CC(=O)Nc2ccnc(C(=O)NC(C)(C)C)c2)=C1Cl. The summed E-state index contributed by atoms with van der Waals surface area (Å²) >= 11 is 12.5. The average molecular weight is 396 g/mol. The molecular weight excluding hydrogens is 373 g/mol. The van der Waals surface area contributed by atoms with Crippen LogP contribution in [0.5, 0.6) is 0 Å². The maximum Gasteiger partial charge on any atom is 0.270 e. The van der Waals surface area contributed by atoms with Crippen LogP contribution in [0.4, 0.5) is 5.69 Å². The quantitative estimate of drug-likeness (QED) is 0.782. The highest BCUT2D eigenvalue weighted by Gasteiger charge is 2.22. The second-order valence-electron chi connectivity index (χ2n) is 7.37. The molecule has 140 valence electrons. The summed E-state index contributed by atoms with van der Waals surface area (Å²) in [4.78, 5) is 28.6. The molecule has 1 aliphatic carbocycles. The number of aromatic nitrogens is 1. The van der Waals surface area contributed by atoms with E-state index < -0.39 is 0 Å². The zero-order valence-electron chi connectivity index (χ0n) is 15.3. The van der Waals surface area contributed by atoms with E-state index in [0.717, 1.165) is 6.42 Å². The third-order valence-electron chi connectivity index (χ3n) is 3.76. The molecule has 2 rings (SSSR count). The second-order valence-corrected chi connectivity index (χ2v) is 8.19. The Morgan fingerprint density at radius 3 is 2.65 bits per heavy atom. The molecule has 0 bridgehead atoms. The maximum absolute atomic E-state index is 12.4. The fourth-order valence-electron chi connectivity index (χ4n) is 2.49. The van der Waals surface area contributed by atoms with E-state index in [9.17, 15) is 9.59 Å². The van der Waals surface area contributed by atoms with Gasteiger partial charge in [-0.05, 0) is 50.8 Å². The van der Waals surface area contributed by atoms with Crippen LogP contribution in [0.3, 0.4) is 0 Å². The standard InChI is InChI=1S/C19H23Cl2N3O2/c1-11-5-6-14(20)13(17(11)21)10-16(25)23-12-7-8-22-15(9-12)18(26)24-19(2,3)4/h6-9,11H,5,10H2,1-4H3,(H,24,26)(H,22,23,25). The summed E-state index contributed by atoms with van der Waals surface area (Å²) in [6, 6.07) is 3.17. The van der Waals surface area contributed by atoms with Crippen molar-refractivity contribution < 1.29 is 9.59 Å². The van der Waals surface area contributed by atoms with E-state index in [1.54, 1.807) is 6.07 Å². The van der Waals surface area contributed by atoms with Gasteiger partial charge in [0, 0.05) is 27.5 Å². The molecule has 0 saturated heterocycles. The Morgan fingerprint density at radius 1 is 1.31 bits per heavy atom. The van der Waals surface area contributed by atoms with Crippen molar-refractivity contribution in [1.29, 1.82) is 0 Å². The Kier molecular flexibility index (Phi) is 6.48. The summed E-state index contributed by atoms with van der Waals surface area (Å²) in [6.45, 7) is 7.65. The number of nitrogens with one attached hydrogen (secondary N) is 2. The average Bonchev–Trinajstić information content (AvgIpc) is 2.54. The van der Waals surface area contributed by atoms with Crippen LogP contribution in [0.25, 0.3) is 0 Å². The number of halogens is 2. The second kappa shape index (κ2) is 8.23. The molecule has 1 aliphatic rings. The predicted molar refractivity (Wildman–Crippen MR) is 105 cm³/mol. The van der Waals surface area contributed by atoms with E-state index in [2.05, 4.69) is 15.6 Å². The zero-order chi connectivity index (χ0) is 19.5. The molecule has 1 heterocycles. The fraction of sp³-hybridized carbons (Fsp3) is 0.421. The van der Waals surface area contributed by atoms with Gasteiger partial charge >= 0.3 is 0 Å². The lowest BCUT2D eigenvalue weighted by atomic mass is 9.95. The molecule has 0 fully saturated rings. The fourth-order valence-corrected chi connectivity index (χ4v) is 3.05. The molecule has 1 atom stereocenters. The van der Waals surface area contributed by atoms with Gasteiger partial charge < -0.3 is 10.6 Å². The van der Waals surface area contributed by atoms with Crippen LogP contribution >= 0.6 is 23.2 Å². The highest BCUT2D eigenvalue weighted by atomic mass is 35.5. The number of carbonyl (C=O) groups is 2. The molecule has 2 N–H and O–H groups in total. The molecule has 2 amide bonds. The lowest BCUT2D eigenvalue weighted by Gasteiger charge is -2.20. The van der Waals surface area contributed by atoms with Crippen LogP contribution in [0.1, 0.15) is 51.0 Å². The molecule has 0 radical (unpaired) electrons. The van der Waals surface area contributed by atoms with Gasteiger partial charge in [-0.2, -0.15) is 0 Å². The van der Waals surface area contributed by atoms with E-state index >= 15 is 0 Å². The molecule has 26 heavy (non-hydrogen) atoms. The van der Waals surface area contributed by atoms with Gasteiger partial charge in [-0.3, -0.25) is 14.6 Å². The van der Waals surface area contributed by atoms with Gasteiger partial charge in [-0.15, -0.1) is 0 Å². The summed E-state index contributed by atoms with van der Waals surface area (Å²) in [5, 5.41) is 6.73.